The smallest absolute Gasteiger partial charge is 0.234 e. The normalized spacial score (nSPS) is 11.8. The van der Waals surface area contributed by atoms with Gasteiger partial charge in [0.2, 0.25) is 5.96 Å². The molecule has 0 fully saturated rings. The van der Waals surface area contributed by atoms with Gasteiger partial charge in [0.1, 0.15) is 11.5 Å². The maximum atomic E-state index is 5.69. The Morgan fingerprint density at radius 1 is 0.917 bits per heavy atom. The van der Waals surface area contributed by atoms with E-state index in [1.165, 1.54) is 0 Å². The molecule has 0 heterocycles. The van der Waals surface area contributed by atoms with Gasteiger partial charge in [-0.05, 0) is 24.3 Å². The molecule has 7 heteroatoms. The fourth-order valence-electron chi connectivity index (χ4n) is 1.89. The number of hydrogen-bond acceptors (Lipinski definition) is 5. The molecule has 124 valence electrons. The molecule has 0 radical (unpaired) electrons. The van der Waals surface area contributed by atoms with Crippen molar-refractivity contribution >= 4 is 18.4 Å². The van der Waals surface area contributed by atoms with Crippen LogP contribution in [-0.4, -0.2) is 32.6 Å². The fourth-order valence-corrected chi connectivity index (χ4v) is 1.89. The van der Waals surface area contributed by atoms with E-state index in [0.717, 1.165) is 11.1 Å². The SMILES string of the molecule is COc1ccccc1/C=N\N=C(N)N/N=C\c1ccccc1OC. The van der Waals surface area contributed by atoms with Crippen LogP contribution in [0.4, 0.5) is 0 Å². The third-order valence-electron chi connectivity index (χ3n) is 3.02. The standard InChI is InChI=1S/C17H19N5O2/c1-23-15-9-5-3-7-13(15)11-19-21-17(18)22-20-12-14-8-4-6-10-16(14)24-2/h3-12H,1-2H3,(H3,18,21,22)/b19-11-,20-12-. The number of nitrogens with zero attached hydrogens (tertiary/aromatic N) is 3. The van der Waals surface area contributed by atoms with Crippen molar-refractivity contribution in [2.45, 2.75) is 0 Å². The zero-order chi connectivity index (χ0) is 17.2. The number of rotatable bonds is 6. The van der Waals surface area contributed by atoms with Gasteiger partial charge in [-0.25, -0.2) is 5.43 Å². The predicted molar refractivity (Wildman–Crippen MR) is 95.9 cm³/mol. The molecule has 2 rings (SSSR count). The Labute approximate surface area is 140 Å². The molecular formula is C17H19N5O2. The lowest BCUT2D eigenvalue weighted by atomic mass is 10.2. The summed E-state index contributed by atoms with van der Waals surface area (Å²) in [5.41, 5.74) is 9.90. The van der Waals surface area contributed by atoms with Gasteiger partial charge in [-0.3, -0.25) is 0 Å². The first-order valence-corrected chi connectivity index (χ1v) is 7.16. The number of hydrogen-bond donors (Lipinski definition) is 2. The molecule has 0 spiro atoms. The molecule has 0 aromatic heterocycles. The number of guanidine groups is 1. The minimum absolute atomic E-state index is 0.0623. The molecule has 0 aliphatic rings. The summed E-state index contributed by atoms with van der Waals surface area (Å²) in [4.78, 5) is 0. The third-order valence-corrected chi connectivity index (χ3v) is 3.02. The van der Waals surface area contributed by atoms with E-state index in [1.54, 1.807) is 26.6 Å². The lowest BCUT2D eigenvalue weighted by Gasteiger charge is -2.03. The topological polar surface area (TPSA) is 93.6 Å². The first-order chi connectivity index (χ1) is 11.7. The average Bonchev–Trinajstić information content (AvgIpc) is 2.62. The average molecular weight is 325 g/mol. The summed E-state index contributed by atoms with van der Waals surface area (Å²) in [6.07, 6.45) is 3.14. The molecular weight excluding hydrogens is 306 g/mol. The highest BCUT2D eigenvalue weighted by molar-refractivity contribution is 5.86. The molecule has 2 aromatic carbocycles. The molecule has 2 aromatic rings. The van der Waals surface area contributed by atoms with Crippen molar-refractivity contribution in [2.75, 3.05) is 14.2 Å². The summed E-state index contributed by atoms with van der Waals surface area (Å²) in [5, 5.41) is 11.7. The van der Waals surface area contributed by atoms with Crippen molar-refractivity contribution in [1.29, 1.82) is 0 Å². The maximum absolute atomic E-state index is 5.69. The number of benzene rings is 2. The van der Waals surface area contributed by atoms with Gasteiger partial charge >= 0.3 is 0 Å². The Bertz CT molecular complexity index is 756. The number of para-hydroxylation sites is 2. The lowest BCUT2D eigenvalue weighted by Crippen LogP contribution is -2.26. The summed E-state index contributed by atoms with van der Waals surface area (Å²) in [6, 6.07) is 14.9. The van der Waals surface area contributed by atoms with Gasteiger partial charge in [-0.15, -0.1) is 5.10 Å². The second-order valence-corrected chi connectivity index (χ2v) is 4.58. The number of ether oxygens (including phenoxy) is 2. The van der Waals surface area contributed by atoms with Crippen LogP contribution in [0.1, 0.15) is 11.1 Å². The van der Waals surface area contributed by atoms with Crippen molar-refractivity contribution < 1.29 is 9.47 Å². The molecule has 0 saturated carbocycles. The van der Waals surface area contributed by atoms with Crippen LogP contribution in [-0.2, 0) is 0 Å². The van der Waals surface area contributed by atoms with Crippen molar-refractivity contribution in [2.24, 2.45) is 21.0 Å². The molecule has 0 unspecified atom stereocenters. The Morgan fingerprint density at radius 2 is 1.46 bits per heavy atom. The van der Waals surface area contributed by atoms with Crippen LogP contribution in [0.25, 0.3) is 0 Å². The molecule has 0 atom stereocenters. The van der Waals surface area contributed by atoms with E-state index in [2.05, 4.69) is 20.7 Å². The van der Waals surface area contributed by atoms with Gasteiger partial charge in [0, 0.05) is 11.1 Å². The van der Waals surface area contributed by atoms with Crippen LogP contribution in [0.15, 0.2) is 63.8 Å². The largest absolute Gasteiger partial charge is 0.496 e. The van der Waals surface area contributed by atoms with E-state index in [1.807, 2.05) is 48.5 Å². The number of nitrogens with one attached hydrogen (secondary N) is 1. The zero-order valence-electron chi connectivity index (χ0n) is 13.5. The van der Waals surface area contributed by atoms with E-state index in [0.29, 0.717) is 11.5 Å². The first kappa shape index (κ1) is 17.0. The van der Waals surface area contributed by atoms with E-state index < -0.39 is 0 Å². The van der Waals surface area contributed by atoms with E-state index in [4.69, 9.17) is 15.2 Å². The van der Waals surface area contributed by atoms with Gasteiger partial charge in [-0.2, -0.15) is 10.2 Å². The van der Waals surface area contributed by atoms with Crippen LogP contribution in [0.2, 0.25) is 0 Å². The van der Waals surface area contributed by atoms with Crippen molar-refractivity contribution in [3.63, 3.8) is 0 Å². The van der Waals surface area contributed by atoms with Crippen molar-refractivity contribution in [3.05, 3.63) is 59.7 Å². The van der Waals surface area contributed by atoms with E-state index >= 15 is 0 Å². The second kappa shape index (κ2) is 8.94. The van der Waals surface area contributed by atoms with Crippen molar-refractivity contribution in [1.82, 2.24) is 5.43 Å². The minimum Gasteiger partial charge on any atom is -0.496 e. The van der Waals surface area contributed by atoms with Crippen LogP contribution in [0.5, 0.6) is 11.5 Å². The Kier molecular flexibility index (Phi) is 6.34. The highest BCUT2D eigenvalue weighted by Gasteiger charge is 1.98. The van der Waals surface area contributed by atoms with E-state index in [-0.39, 0.29) is 5.96 Å². The van der Waals surface area contributed by atoms with Gasteiger partial charge in [0.15, 0.2) is 0 Å². The lowest BCUT2D eigenvalue weighted by molar-refractivity contribution is 0.414. The van der Waals surface area contributed by atoms with Crippen LogP contribution >= 0.6 is 0 Å². The second-order valence-electron chi connectivity index (χ2n) is 4.58. The Morgan fingerprint density at radius 3 is 2.04 bits per heavy atom. The van der Waals surface area contributed by atoms with Crippen LogP contribution in [0, 0.1) is 0 Å². The van der Waals surface area contributed by atoms with Gasteiger partial charge < -0.3 is 15.2 Å². The maximum Gasteiger partial charge on any atom is 0.234 e. The monoisotopic (exact) mass is 325 g/mol. The summed E-state index contributed by atoms with van der Waals surface area (Å²) in [5.74, 6) is 1.48. The molecule has 7 nitrogen and oxygen atoms in total. The molecule has 0 amide bonds. The van der Waals surface area contributed by atoms with Gasteiger partial charge in [0.25, 0.3) is 0 Å². The Hall–Kier alpha value is -3.35. The number of methoxy groups -OCH3 is 2. The first-order valence-electron chi connectivity index (χ1n) is 7.16. The third kappa shape index (κ3) is 4.84. The van der Waals surface area contributed by atoms with Gasteiger partial charge in [-0.1, -0.05) is 24.3 Å². The molecule has 3 N–H and O–H groups in total. The predicted octanol–water partition coefficient (Wildman–Crippen LogP) is 1.98. The molecule has 0 aliphatic carbocycles. The van der Waals surface area contributed by atoms with E-state index in [9.17, 15) is 0 Å². The summed E-state index contributed by atoms with van der Waals surface area (Å²) in [6.45, 7) is 0. The summed E-state index contributed by atoms with van der Waals surface area (Å²) < 4.78 is 10.4. The highest BCUT2D eigenvalue weighted by atomic mass is 16.5. The van der Waals surface area contributed by atoms with Gasteiger partial charge in [0.05, 0.1) is 26.6 Å². The molecule has 0 saturated heterocycles. The molecule has 0 aliphatic heterocycles. The molecule has 24 heavy (non-hydrogen) atoms. The van der Waals surface area contributed by atoms with Crippen LogP contribution in [0.3, 0.4) is 0 Å². The van der Waals surface area contributed by atoms with Crippen LogP contribution < -0.4 is 20.6 Å². The highest BCUT2D eigenvalue weighted by Crippen LogP contribution is 2.15. The quantitative estimate of drug-likeness (QED) is 0.482. The Balaban J connectivity index is 1.97. The zero-order valence-corrected chi connectivity index (χ0v) is 13.5. The minimum atomic E-state index is 0.0623. The summed E-state index contributed by atoms with van der Waals surface area (Å²) in [7, 11) is 3.20. The fraction of sp³-hybridized carbons (Fsp3) is 0.118. The number of hydrazone groups is 1. The number of nitrogens with two attached hydrogens (primary N) is 1. The van der Waals surface area contributed by atoms with Crippen molar-refractivity contribution in [3.8, 4) is 11.5 Å². The summed E-state index contributed by atoms with van der Waals surface area (Å²) >= 11 is 0. The molecule has 0 bridgehead atoms.